The molecule has 0 unspecified atom stereocenters. The number of benzene rings is 1. The fourth-order valence-electron chi connectivity index (χ4n) is 2.42. The Bertz CT molecular complexity index is 751. The van der Waals surface area contributed by atoms with Gasteiger partial charge in [0.15, 0.2) is 17.5 Å². The summed E-state index contributed by atoms with van der Waals surface area (Å²) in [5.41, 5.74) is 6.49. The summed E-state index contributed by atoms with van der Waals surface area (Å²) in [5, 5.41) is 12.4. The summed E-state index contributed by atoms with van der Waals surface area (Å²) in [7, 11) is 0. The number of Topliss-reactive ketones (excluding diaryl/α,β-unsaturated/α-hetero) is 1. The smallest absolute Gasteiger partial charge is 0.232 e. The molecule has 0 radical (unpaired) electrons. The minimum Gasteiger partial charge on any atom is -0.368 e. The van der Waals surface area contributed by atoms with Crippen LogP contribution in [0.1, 0.15) is 31.0 Å². The number of ketones is 1. The van der Waals surface area contributed by atoms with Crippen molar-refractivity contribution in [1.29, 1.82) is 5.26 Å². The summed E-state index contributed by atoms with van der Waals surface area (Å²) in [6.07, 6.45) is 2.67. The molecular formula is C16H16N6O. The number of nitrogens with one attached hydrogen (secondary N) is 1. The van der Waals surface area contributed by atoms with Gasteiger partial charge in [-0.25, -0.2) is 0 Å². The number of aromatic nitrogens is 3. The lowest BCUT2D eigenvalue weighted by atomic mass is 9.78. The summed E-state index contributed by atoms with van der Waals surface area (Å²) in [6.45, 7) is 0. The first-order chi connectivity index (χ1) is 11.2. The molecule has 0 aliphatic heterocycles. The van der Waals surface area contributed by atoms with E-state index in [2.05, 4.69) is 20.3 Å². The first-order valence-electron chi connectivity index (χ1n) is 7.44. The van der Waals surface area contributed by atoms with Gasteiger partial charge in [-0.2, -0.15) is 20.2 Å². The summed E-state index contributed by atoms with van der Waals surface area (Å²) in [6, 6.07) is 11.3. The van der Waals surface area contributed by atoms with E-state index in [9.17, 15) is 10.1 Å². The molecule has 1 aromatic heterocycles. The van der Waals surface area contributed by atoms with E-state index >= 15 is 0 Å². The number of hydrogen-bond acceptors (Lipinski definition) is 7. The normalized spacial score (nSPS) is 15.3. The van der Waals surface area contributed by atoms with Gasteiger partial charge in [0.25, 0.3) is 0 Å². The lowest BCUT2D eigenvalue weighted by molar-refractivity contribution is -0.125. The second-order valence-electron chi connectivity index (χ2n) is 5.46. The van der Waals surface area contributed by atoms with Gasteiger partial charge in [0.05, 0.1) is 6.07 Å². The lowest BCUT2D eigenvalue weighted by Crippen LogP contribution is -2.28. The van der Waals surface area contributed by atoms with Crippen molar-refractivity contribution in [1.82, 2.24) is 15.0 Å². The van der Waals surface area contributed by atoms with Crippen molar-refractivity contribution in [2.45, 2.75) is 25.2 Å². The van der Waals surface area contributed by atoms with Crippen molar-refractivity contribution < 1.29 is 4.79 Å². The molecule has 1 aliphatic carbocycles. The van der Waals surface area contributed by atoms with E-state index in [0.717, 1.165) is 24.9 Å². The largest absolute Gasteiger partial charge is 0.368 e. The van der Waals surface area contributed by atoms with E-state index in [0.29, 0.717) is 0 Å². The Hall–Kier alpha value is -3.01. The van der Waals surface area contributed by atoms with Crippen molar-refractivity contribution in [2.24, 2.45) is 5.92 Å². The van der Waals surface area contributed by atoms with E-state index in [1.54, 1.807) is 0 Å². The minimum absolute atomic E-state index is 0.0184. The number of nitriles is 1. The molecule has 7 heteroatoms. The van der Waals surface area contributed by atoms with Gasteiger partial charge in [0, 0.05) is 11.6 Å². The molecule has 0 amide bonds. The average Bonchev–Trinajstić information content (AvgIpc) is 2.46. The predicted octanol–water partition coefficient (Wildman–Crippen LogP) is 2.17. The van der Waals surface area contributed by atoms with Gasteiger partial charge in [-0.15, -0.1) is 0 Å². The highest BCUT2D eigenvalue weighted by Crippen LogP contribution is 2.32. The highest BCUT2D eigenvalue weighted by Gasteiger charge is 2.34. The van der Waals surface area contributed by atoms with Crippen molar-refractivity contribution in [3.63, 3.8) is 0 Å². The minimum atomic E-state index is -0.998. The zero-order valence-electron chi connectivity index (χ0n) is 12.4. The van der Waals surface area contributed by atoms with Crippen LogP contribution in [0.5, 0.6) is 0 Å². The number of nitrogens with zero attached hydrogens (tertiary/aromatic N) is 4. The Kier molecular flexibility index (Phi) is 4.15. The van der Waals surface area contributed by atoms with Gasteiger partial charge in [-0.3, -0.25) is 4.79 Å². The van der Waals surface area contributed by atoms with Gasteiger partial charge in [-0.05, 0) is 25.0 Å². The van der Waals surface area contributed by atoms with Crippen LogP contribution in [0.4, 0.5) is 17.6 Å². The molecule has 0 saturated heterocycles. The first-order valence-corrected chi connectivity index (χ1v) is 7.44. The Labute approximate surface area is 133 Å². The van der Waals surface area contributed by atoms with E-state index < -0.39 is 5.92 Å². The fourth-order valence-corrected chi connectivity index (χ4v) is 2.42. The molecule has 3 N–H and O–H groups in total. The monoisotopic (exact) mass is 308 g/mol. The summed E-state index contributed by atoms with van der Waals surface area (Å²) >= 11 is 0. The molecule has 1 aromatic carbocycles. The SMILES string of the molecule is N#C[C@@H](C(=O)C1CCC1)c1nc(N)nc(Nc2ccccc2)n1. The number of para-hydroxylation sites is 1. The van der Waals surface area contributed by atoms with Gasteiger partial charge in [0.1, 0.15) is 0 Å². The number of anilines is 3. The lowest BCUT2D eigenvalue weighted by Gasteiger charge is -2.25. The van der Waals surface area contributed by atoms with Crippen molar-refractivity contribution in [3.8, 4) is 6.07 Å². The molecule has 1 aliphatic rings. The number of hydrogen-bond donors (Lipinski definition) is 2. The Morgan fingerprint density at radius 1 is 1.26 bits per heavy atom. The van der Waals surface area contributed by atoms with Gasteiger partial charge in [0.2, 0.25) is 11.9 Å². The van der Waals surface area contributed by atoms with Crippen molar-refractivity contribution in [3.05, 3.63) is 36.2 Å². The van der Waals surface area contributed by atoms with Crippen LogP contribution in [-0.2, 0) is 4.79 Å². The number of carbonyl (C=O) groups excluding carboxylic acids is 1. The number of carbonyl (C=O) groups is 1. The van der Waals surface area contributed by atoms with Crippen LogP contribution in [0, 0.1) is 17.2 Å². The number of nitrogens with two attached hydrogens (primary N) is 1. The first kappa shape index (κ1) is 14.9. The van der Waals surface area contributed by atoms with E-state index in [4.69, 9.17) is 5.73 Å². The number of nitrogen functional groups attached to an aromatic ring is 1. The van der Waals surface area contributed by atoms with Gasteiger partial charge >= 0.3 is 0 Å². The molecule has 7 nitrogen and oxygen atoms in total. The Balaban J connectivity index is 1.87. The molecule has 116 valence electrons. The Morgan fingerprint density at radius 3 is 2.61 bits per heavy atom. The van der Waals surface area contributed by atoms with Crippen molar-refractivity contribution >= 4 is 23.4 Å². The third-order valence-corrected chi connectivity index (χ3v) is 3.88. The van der Waals surface area contributed by atoms with E-state index in [-0.39, 0.29) is 29.4 Å². The highest BCUT2D eigenvalue weighted by atomic mass is 16.1. The summed E-state index contributed by atoms with van der Waals surface area (Å²) in [4.78, 5) is 24.5. The number of rotatable bonds is 5. The van der Waals surface area contributed by atoms with Crippen LogP contribution in [0.3, 0.4) is 0 Å². The van der Waals surface area contributed by atoms with Crippen LogP contribution in [0.25, 0.3) is 0 Å². The second-order valence-corrected chi connectivity index (χ2v) is 5.46. The maximum Gasteiger partial charge on any atom is 0.232 e. The summed E-state index contributed by atoms with van der Waals surface area (Å²) in [5.74, 6) is -0.883. The standard InChI is InChI=1S/C16H16N6O/c17-9-12(13(23)10-5-4-6-10)14-20-15(18)22-16(21-14)19-11-7-2-1-3-8-11/h1-3,7-8,10,12H,4-6H2,(H3,18,19,20,21,22)/t12-/m0/s1. The third kappa shape index (κ3) is 3.26. The Morgan fingerprint density at radius 2 is 2.00 bits per heavy atom. The van der Waals surface area contributed by atoms with Crippen LogP contribution in [0.2, 0.25) is 0 Å². The molecule has 1 heterocycles. The second kappa shape index (κ2) is 6.40. The van der Waals surface area contributed by atoms with Crippen LogP contribution < -0.4 is 11.1 Å². The van der Waals surface area contributed by atoms with Crippen LogP contribution in [-0.4, -0.2) is 20.7 Å². The topological polar surface area (TPSA) is 118 Å². The molecule has 0 spiro atoms. The highest BCUT2D eigenvalue weighted by molar-refractivity contribution is 5.90. The van der Waals surface area contributed by atoms with Gasteiger partial charge < -0.3 is 11.1 Å². The van der Waals surface area contributed by atoms with Crippen LogP contribution >= 0.6 is 0 Å². The van der Waals surface area contributed by atoms with Crippen molar-refractivity contribution in [2.75, 3.05) is 11.1 Å². The average molecular weight is 308 g/mol. The zero-order chi connectivity index (χ0) is 16.2. The molecule has 2 aromatic rings. The summed E-state index contributed by atoms with van der Waals surface area (Å²) < 4.78 is 0. The molecule has 1 fully saturated rings. The molecule has 1 atom stereocenters. The van der Waals surface area contributed by atoms with Gasteiger partial charge in [-0.1, -0.05) is 24.6 Å². The molecular weight excluding hydrogens is 292 g/mol. The van der Waals surface area contributed by atoms with Crippen LogP contribution in [0.15, 0.2) is 30.3 Å². The van der Waals surface area contributed by atoms with E-state index in [1.165, 1.54) is 0 Å². The maximum absolute atomic E-state index is 12.4. The molecule has 1 saturated carbocycles. The zero-order valence-corrected chi connectivity index (χ0v) is 12.4. The molecule has 23 heavy (non-hydrogen) atoms. The molecule has 3 rings (SSSR count). The maximum atomic E-state index is 12.4. The molecule has 0 bridgehead atoms. The van der Waals surface area contributed by atoms with E-state index in [1.807, 2.05) is 36.4 Å². The third-order valence-electron chi connectivity index (χ3n) is 3.88. The quantitative estimate of drug-likeness (QED) is 0.869. The fraction of sp³-hybridized carbons (Fsp3) is 0.312. The predicted molar refractivity (Wildman–Crippen MR) is 84.7 cm³/mol.